The maximum Gasteiger partial charge on any atom is 0.262 e. The van der Waals surface area contributed by atoms with Crippen LogP contribution in [0.4, 0.5) is 0 Å². The second-order valence-corrected chi connectivity index (χ2v) is 8.05. The largest absolute Gasteiger partial charge is 0.354 e. The van der Waals surface area contributed by atoms with Crippen LogP contribution in [-0.2, 0) is 29.0 Å². The lowest BCUT2D eigenvalue weighted by molar-refractivity contribution is -0.128. The van der Waals surface area contributed by atoms with Crippen LogP contribution in [0.1, 0.15) is 50.0 Å². The average molecular weight is 391 g/mol. The Hall–Kier alpha value is -2.22. The minimum absolute atomic E-state index is 0.0686. The highest BCUT2D eigenvalue weighted by Crippen LogP contribution is 2.33. The van der Waals surface area contributed by atoms with Gasteiger partial charge in [-0.05, 0) is 44.6 Å². The summed E-state index contributed by atoms with van der Waals surface area (Å²) in [5.74, 6) is -0.455. The molecule has 3 rings (SSSR count). The Labute approximate surface area is 162 Å². The summed E-state index contributed by atoms with van der Waals surface area (Å²) >= 11 is 1.62. The van der Waals surface area contributed by atoms with Gasteiger partial charge in [0, 0.05) is 24.4 Å². The first-order chi connectivity index (χ1) is 13.0. The molecule has 1 aliphatic rings. The number of amides is 2. The molecule has 2 aromatic heterocycles. The normalized spacial score (nSPS) is 14.6. The van der Waals surface area contributed by atoms with Crippen molar-refractivity contribution in [3.05, 3.63) is 27.1 Å². The SMILES string of the molecule is CCCNC(=O)C(C)NC(=O)CCn1cnc2sc3c(c2c1=O)CCCC3. The number of aryl methyl sites for hydroxylation is 3. The summed E-state index contributed by atoms with van der Waals surface area (Å²) in [5.41, 5.74) is 1.08. The second kappa shape index (κ2) is 8.65. The predicted molar refractivity (Wildman–Crippen MR) is 106 cm³/mol. The highest BCUT2D eigenvalue weighted by atomic mass is 32.1. The highest BCUT2D eigenvalue weighted by molar-refractivity contribution is 7.18. The van der Waals surface area contributed by atoms with Gasteiger partial charge in [-0.2, -0.15) is 0 Å². The van der Waals surface area contributed by atoms with Crippen molar-refractivity contribution in [1.29, 1.82) is 0 Å². The van der Waals surface area contributed by atoms with Crippen molar-refractivity contribution < 1.29 is 9.59 Å². The van der Waals surface area contributed by atoms with Gasteiger partial charge in [0.25, 0.3) is 5.56 Å². The number of thiophene rings is 1. The lowest BCUT2D eigenvalue weighted by atomic mass is 9.97. The summed E-state index contributed by atoms with van der Waals surface area (Å²) in [5, 5.41) is 6.15. The molecule has 1 atom stereocenters. The van der Waals surface area contributed by atoms with E-state index >= 15 is 0 Å². The minimum Gasteiger partial charge on any atom is -0.354 e. The summed E-state index contributed by atoms with van der Waals surface area (Å²) < 4.78 is 1.51. The predicted octanol–water partition coefficient (Wildman–Crippen LogP) is 1.76. The third-order valence-corrected chi connectivity index (χ3v) is 6.04. The third kappa shape index (κ3) is 4.37. The second-order valence-electron chi connectivity index (χ2n) is 6.96. The van der Waals surface area contributed by atoms with Gasteiger partial charge in [0.2, 0.25) is 11.8 Å². The molecule has 1 unspecified atom stereocenters. The summed E-state index contributed by atoms with van der Waals surface area (Å²) in [4.78, 5) is 43.3. The third-order valence-electron chi connectivity index (χ3n) is 4.84. The van der Waals surface area contributed by atoms with Crippen molar-refractivity contribution in [1.82, 2.24) is 20.2 Å². The lowest BCUT2D eigenvalue weighted by Crippen LogP contribution is -2.45. The molecule has 2 N–H and O–H groups in total. The number of nitrogens with one attached hydrogen (secondary N) is 2. The van der Waals surface area contributed by atoms with Crippen molar-refractivity contribution in [2.75, 3.05) is 6.54 Å². The molecule has 0 aromatic carbocycles. The molecule has 0 fully saturated rings. The van der Waals surface area contributed by atoms with Crippen molar-refractivity contribution in [3.8, 4) is 0 Å². The average Bonchev–Trinajstić information content (AvgIpc) is 3.04. The number of carbonyl (C=O) groups is 2. The molecule has 0 saturated carbocycles. The van der Waals surface area contributed by atoms with Crippen LogP contribution < -0.4 is 16.2 Å². The number of hydrogen-bond acceptors (Lipinski definition) is 5. The van der Waals surface area contributed by atoms with E-state index in [2.05, 4.69) is 15.6 Å². The molecular weight excluding hydrogens is 364 g/mol. The summed E-state index contributed by atoms with van der Waals surface area (Å²) in [6, 6.07) is -0.592. The Morgan fingerprint density at radius 2 is 2.11 bits per heavy atom. The molecular formula is C19H26N4O3S. The Bertz CT molecular complexity index is 902. The van der Waals surface area contributed by atoms with Gasteiger partial charge in [-0.25, -0.2) is 4.98 Å². The Kier molecular flexibility index (Phi) is 6.26. The maximum absolute atomic E-state index is 12.9. The Morgan fingerprint density at radius 1 is 1.33 bits per heavy atom. The van der Waals surface area contributed by atoms with E-state index in [4.69, 9.17) is 0 Å². The summed E-state index contributed by atoms with van der Waals surface area (Å²) in [6.45, 7) is 4.46. The van der Waals surface area contributed by atoms with Crippen LogP contribution in [0.2, 0.25) is 0 Å². The zero-order chi connectivity index (χ0) is 19.4. The molecule has 2 aromatic rings. The van der Waals surface area contributed by atoms with Crippen LogP contribution >= 0.6 is 11.3 Å². The van der Waals surface area contributed by atoms with E-state index in [-0.39, 0.29) is 30.3 Å². The van der Waals surface area contributed by atoms with Crippen LogP contribution in [0.3, 0.4) is 0 Å². The molecule has 0 aliphatic heterocycles. The first kappa shape index (κ1) is 19.5. The lowest BCUT2D eigenvalue weighted by Gasteiger charge is -2.14. The molecule has 0 saturated heterocycles. The number of carbonyl (C=O) groups excluding carboxylic acids is 2. The van der Waals surface area contributed by atoms with E-state index in [0.717, 1.165) is 47.9 Å². The van der Waals surface area contributed by atoms with E-state index in [9.17, 15) is 14.4 Å². The quantitative estimate of drug-likeness (QED) is 0.753. The summed E-state index contributed by atoms with van der Waals surface area (Å²) in [7, 11) is 0. The first-order valence-electron chi connectivity index (χ1n) is 9.58. The van der Waals surface area contributed by atoms with Crippen LogP contribution in [0, 0.1) is 0 Å². The zero-order valence-corrected chi connectivity index (χ0v) is 16.7. The molecule has 0 bridgehead atoms. The fourth-order valence-corrected chi connectivity index (χ4v) is 4.56. The van der Waals surface area contributed by atoms with Crippen LogP contribution in [0.15, 0.2) is 11.1 Å². The molecule has 0 radical (unpaired) electrons. The van der Waals surface area contributed by atoms with Crippen LogP contribution in [0.25, 0.3) is 10.2 Å². The van der Waals surface area contributed by atoms with E-state index in [0.29, 0.717) is 6.54 Å². The topological polar surface area (TPSA) is 93.1 Å². The van der Waals surface area contributed by atoms with Crippen molar-refractivity contribution in [2.45, 2.75) is 65.0 Å². The van der Waals surface area contributed by atoms with Crippen molar-refractivity contribution in [2.24, 2.45) is 0 Å². The zero-order valence-electron chi connectivity index (χ0n) is 15.8. The molecule has 2 amide bonds. The van der Waals surface area contributed by atoms with Gasteiger partial charge in [-0.3, -0.25) is 19.0 Å². The van der Waals surface area contributed by atoms with Crippen LogP contribution in [0.5, 0.6) is 0 Å². The van der Waals surface area contributed by atoms with E-state index in [1.807, 2.05) is 6.92 Å². The molecule has 1 aliphatic carbocycles. The van der Waals surface area contributed by atoms with Crippen molar-refractivity contribution in [3.63, 3.8) is 0 Å². The van der Waals surface area contributed by atoms with Crippen molar-refractivity contribution >= 4 is 33.4 Å². The fourth-order valence-electron chi connectivity index (χ4n) is 3.34. The Balaban J connectivity index is 1.65. The number of aromatic nitrogens is 2. The van der Waals surface area contributed by atoms with Crippen LogP contribution in [-0.4, -0.2) is 34.0 Å². The van der Waals surface area contributed by atoms with Gasteiger partial charge in [-0.15, -0.1) is 11.3 Å². The number of fused-ring (bicyclic) bond motifs is 3. The maximum atomic E-state index is 12.9. The van der Waals surface area contributed by atoms with Gasteiger partial charge >= 0.3 is 0 Å². The highest BCUT2D eigenvalue weighted by Gasteiger charge is 2.20. The molecule has 2 heterocycles. The van der Waals surface area contributed by atoms with E-state index in [1.165, 1.54) is 15.8 Å². The first-order valence-corrected chi connectivity index (χ1v) is 10.4. The smallest absolute Gasteiger partial charge is 0.262 e. The number of hydrogen-bond donors (Lipinski definition) is 2. The van der Waals surface area contributed by atoms with Gasteiger partial charge in [0.05, 0.1) is 11.7 Å². The number of rotatable bonds is 7. The minimum atomic E-state index is -0.592. The molecule has 27 heavy (non-hydrogen) atoms. The van der Waals surface area contributed by atoms with Gasteiger partial charge in [0.15, 0.2) is 0 Å². The standard InChI is InChI=1S/C19H26N4O3S/c1-3-9-20-17(25)12(2)22-15(24)8-10-23-11-21-18-16(19(23)26)13-6-4-5-7-14(13)27-18/h11-12H,3-10H2,1-2H3,(H,20,25)(H,22,24). The van der Waals surface area contributed by atoms with Gasteiger partial charge < -0.3 is 10.6 Å². The fraction of sp³-hybridized carbons (Fsp3) is 0.579. The van der Waals surface area contributed by atoms with Gasteiger partial charge in [0.1, 0.15) is 10.9 Å². The molecule has 7 nitrogen and oxygen atoms in total. The number of nitrogens with zero attached hydrogens (tertiary/aromatic N) is 2. The summed E-state index contributed by atoms with van der Waals surface area (Å²) in [6.07, 6.45) is 6.72. The van der Waals surface area contributed by atoms with E-state index in [1.54, 1.807) is 18.3 Å². The van der Waals surface area contributed by atoms with Gasteiger partial charge in [-0.1, -0.05) is 6.92 Å². The molecule has 146 valence electrons. The Morgan fingerprint density at radius 3 is 2.89 bits per heavy atom. The van der Waals surface area contributed by atoms with E-state index < -0.39 is 6.04 Å². The molecule has 0 spiro atoms. The monoisotopic (exact) mass is 390 g/mol. The molecule has 8 heteroatoms.